The third-order valence-corrected chi connectivity index (χ3v) is 8.27. The Kier molecular flexibility index (Phi) is 5.73. The van der Waals surface area contributed by atoms with Gasteiger partial charge in [-0.15, -0.1) is 0 Å². The number of hydrogen-bond donors (Lipinski definition) is 2. The van der Waals surface area contributed by atoms with Crippen molar-refractivity contribution in [2.45, 2.75) is 62.7 Å². The molecule has 0 aromatic heterocycles. The van der Waals surface area contributed by atoms with Gasteiger partial charge in [0.1, 0.15) is 5.25 Å². The number of rotatable bonds is 6. The number of ether oxygens (including phenoxy) is 1. The van der Waals surface area contributed by atoms with E-state index in [1.807, 2.05) is 0 Å². The number of esters is 1. The zero-order valence-corrected chi connectivity index (χ0v) is 19.1. The summed E-state index contributed by atoms with van der Waals surface area (Å²) in [5.74, 6) is 1.38. The number of para-hydroxylation sites is 1. The molecular formula is C24H29N3O4S. The number of thioether (sulfide) groups is 1. The molecule has 5 aliphatic rings. The number of amidine groups is 1. The van der Waals surface area contributed by atoms with Crippen LogP contribution in [0.15, 0.2) is 29.3 Å². The molecule has 1 saturated heterocycles. The minimum Gasteiger partial charge on any atom is -0.462 e. The summed E-state index contributed by atoms with van der Waals surface area (Å²) >= 11 is 1.36. The predicted molar refractivity (Wildman–Crippen MR) is 124 cm³/mol. The number of carbonyl (C=O) groups is 3. The fourth-order valence-corrected chi connectivity index (χ4v) is 7.43. The third kappa shape index (κ3) is 4.29. The van der Waals surface area contributed by atoms with E-state index >= 15 is 0 Å². The SMILES string of the molecule is CCOC(=O)c1ccccc1NC(=O)CC1SC(=NC23CC4CC(CC(C4)C2)C3)NC1=O. The second-order valence-corrected chi connectivity index (χ2v) is 10.9. The molecule has 1 unspecified atom stereocenters. The minimum absolute atomic E-state index is 0.0138. The standard InChI is InChI=1S/C24H29N3O4S/c1-2-31-22(30)17-5-3-4-6-18(17)25-20(28)10-19-21(29)26-23(32-19)27-24-11-14-7-15(12-24)9-16(8-14)13-24/h3-6,14-16,19H,2,7-13H2,1H3,(H,25,28)(H,26,27,29). The van der Waals surface area contributed by atoms with Gasteiger partial charge in [-0.25, -0.2) is 4.79 Å². The molecule has 1 atom stereocenters. The van der Waals surface area contributed by atoms with Crippen LogP contribution in [0.5, 0.6) is 0 Å². The van der Waals surface area contributed by atoms with E-state index in [2.05, 4.69) is 10.6 Å². The van der Waals surface area contributed by atoms with Crippen molar-refractivity contribution in [3.05, 3.63) is 29.8 Å². The number of carbonyl (C=O) groups excluding carboxylic acids is 3. The van der Waals surface area contributed by atoms with Crippen LogP contribution < -0.4 is 10.6 Å². The maximum absolute atomic E-state index is 12.7. The first-order valence-corrected chi connectivity index (χ1v) is 12.4. The Hall–Kier alpha value is -2.35. The lowest BCUT2D eigenvalue weighted by Gasteiger charge is -2.55. The van der Waals surface area contributed by atoms with Crippen LogP contribution in [0, 0.1) is 17.8 Å². The van der Waals surface area contributed by atoms with E-state index in [9.17, 15) is 14.4 Å². The molecule has 4 bridgehead atoms. The van der Waals surface area contributed by atoms with Crippen molar-refractivity contribution in [2.24, 2.45) is 22.7 Å². The molecule has 1 aromatic rings. The highest BCUT2D eigenvalue weighted by Gasteiger charge is 2.51. The third-order valence-electron chi connectivity index (χ3n) is 7.19. The molecule has 1 aliphatic heterocycles. The average molecular weight is 456 g/mol. The fraction of sp³-hybridized carbons (Fsp3) is 0.583. The quantitative estimate of drug-likeness (QED) is 0.637. The number of aliphatic imine (C=N–C) groups is 1. The van der Waals surface area contributed by atoms with Gasteiger partial charge in [-0.2, -0.15) is 0 Å². The Morgan fingerprint density at radius 1 is 1.16 bits per heavy atom. The van der Waals surface area contributed by atoms with Crippen LogP contribution >= 0.6 is 11.8 Å². The number of hydrogen-bond acceptors (Lipinski definition) is 6. The second-order valence-electron chi connectivity index (χ2n) is 9.67. The van der Waals surface area contributed by atoms with Gasteiger partial charge in [0.25, 0.3) is 0 Å². The maximum atomic E-state index is 12.7. The first kappa shape index (κ1) is 21.5. The van der Waals surface area contributed by atoms with Gasteiger partial charge in [-0.1, -0.05) is 23.9 Å². The molecule has 0 radical (unpaired) electrons. The lowest BCUT2D eigenvalue weighted by atomic mass is 9.53. The van der Waals surface area contributed by atoms with E-state index in [0.717, 1.165) is 37.0 Å². The molecule has 2 amide bonds. The smallest absolute Gasteiger partial charge is 0.340 e. The summed E-state index contributed by atoms with van der Waals surface area (Å²) in [4.78, 5) is 42.4. The van der Waals surface area contributed by atoms with Crippen LogP contribution in [0.1, 0.15) is 62.2 Å². The van der Waals surface area contributed by atoms with Crippen molar-refractivity contribution in [1.29, 1.82) is 0 Å². The molecule has 6 rings (SSSR count). The van der Waals surface area contributed by atoms with Crippen LogP contribution in [0.25, 0.3) is 0 Å². The van der Waals surface area contributed by atoms with Crippen LogP contribution in [-0.2, 0) is 14.3 Å². The molecule has 8 heteroatoms. The van der Waals surface area contributed by atoms with Crippen molar-refractivity contribution < 1.29 is 19.1 Å². The van der Waals surface area contributed by atoms with Crippen molar-refractivity contribution >= 4 is 40.4 Å². The predicted octanol–water partition coefficient (Wildman–Crippen LogP) is 3.75. The summed E-state index contributed by atoms with van der Waals surface area (Å²) in [6.07, 6.45) is 7.46. The van der Waals surface area contributed by atoms with Crippen LogP contribution in [0.3, 0.4) is 0 Å². The van der Waals surface area contributed by atoms with Crippen molar-refractivity contribution in [1.82, 2.24) is 5.32 Å². The van der Waals surface area contributed by atoms with Gasteiger partial charge in [0.05, 0.1) is 23.4 Å². The molecule has 4 aliphatic carbocycles. The van der Waals surface area contributed by atoms with Crippen LogP contribution in [-0.4, -0.2) is 40.3 Å². The lowest BCUT2D eigenvalue weighted by molar-refractivity contribution is -0.122. The largest absolute Gasteiger partial charge is 0.462 e. The molecule has 2 N–H and O–H groups in total. The lowest BCUT2D eigenvalue weighted by Crippen LogP contribution is -2.50. The Bertz CT molecular complexity index is 940. The fourth-order valence-electron chi connectivity index (χ4n) is 6.36. The first-order chi connectivity index (χ1) is 15.4. The summed E-state index contributed by atoms with van der Waals surface area (Å²) in [6.45, 7) is 1.99. The summed E-state index contributed by atoms with van der Waals surface area (Å²) in [6, 6.07) is 6.73. The number of anilines is 1. The number of benzene rings is 1. The zero-order valence-electron chi connectivity index (χ0n) is 18.3. The highest BCUT2D eigenvalue weighted by atomic mass is 32.2. The van der Waals surface area contributed by atoms with Crippen molar-refractivity contribution in [3.8, 4) is 0 Å². The molecule has 0 spiro atoms. The maximum Gasteiger partial charge on any atom is 0.340 e. The van der Waals surface area contributed by atoms with Crippen molar-refractivity contribution in [3.63, 3.8) is 0 Å². The Morgan fingerprint density at radius 2 is 1.81 bits per heavy atom. The van der Waals surface area contributed by atoms with E-state index in [4.69, 9.17) is 9.73 Å². The normalized spacial score (nSPS) is 33.9. The minimum atomic E-state index is -0.516. The molecular weight excluding hydrogens is 426 g/mol. The highest BCUT2D eigenvalue weighted by molar-refractivity contribution is 8.15. The second kappa shape index (κ2) is 8.54. The van der Waals surface area contributed by atoms with E-state index < -0.39 is 11.2 Å². The van der Waals surface area contributed by atoms with Crippen LogP contribution in [0.4, 0.5) is 5.69 Å². The van der Waals surface area contributed by atoms with E-state index in [1.54, 1.807) is 31.2 Å². The number of amides is 2. The van der Waals surface area contributed by atoms with Gasteiger partial charge >= 0.3 is 5.97 Å². The zero-order chi connectivity index (χ0) is 22.3. The summed E-state index contributed by atoms with van der Waals surface area (Å²) in [7, 11) is 0. The van der Waals surface area contributed by atoms with Crippen LogP contribution in [0.2, 0.25) is 0 Å². The Labute approximate surface area is 192 Å². The number of nitrogens with zero attached hydrogens (tertiary/aromatic N) is 1. The molecule has 5 fully saturated rings. The number of nitrogens with one attached hydrogen (secondary N) is 2. The van der Waals surface area contributed by atoms with Gasteiger partial charge < -0.3 is 15.4 Å². The van der Waals surface area contributed by atoms with Gasteiger partial charge in [0.2, 0.25) is 11.8 Å². The molecule has 1 aromatic carbocycles. The van der Waals surface area contributed by atoms with Gasteiger partial charge in [0, 0.05) is 6.42 Å². The Morgan fingerprint density at radius 3 is 2.47 bits per heavy atom. The topological polar surface area (TPSA) is 96.9 Å². The molecule has 4 saturated carbocycles. The first-order valence-electron chi connectivity index (χ1n) is 11.6. The summed E-state index contributed by atoms with van der Waals surface area (Å²) in [5, 5.41) is 5.83. The van der Waals surface area contributed by atoms with Gasteiger partial charge in [-0.3, -0.25) is 14.6 Å². The average Bonchev–Trinajstić information content (AvgIpc) is 3.05. The Balaban J connectivity index is 1.23. The van der Waals surface area contributed by atoms with E-state index in [-0.39, 0.29) is 30.4 Å². The molecule has 32 heavy (non-hydrogen) atoms. The van der Waals surface area contributed by atoms with E-state index in [0.29, 0.717) is 16.4 Å². The van der Waals surface area contributed by atoms with E-state index in [1.165, 1.54) is 31.0 Å². The summed E-state index contributed by atoms with van der Waals surface area (Å²) < 4.78 is 5.06. The van der Waals surface area contributed by atoms with Crippen molar-refractivity contribution in [2.75, 3.05) is 11.9 Å². The molecule has 7 nitrogen and oxygen atoms in total. The molecule has 1 heterocycles. The summed E-state index contributed by atoms with van der Waals surface area (Å²) in [5.41, 5.74) is 0.678. The molecule has 170 valence electrons. The monoisotopic (exact) mass is 455 g/mol. The highest BCUT2D eigenvalue weighted by Crippen LogP contribution is 2.57. The van der Waals surface area contributed by atoms with Gasteiger partial charge in [-0.05, 0) is 75.3 Å². The van der Waals surface area contributed by atoms with Gasteiger partial charge in [0.15, 0.2) is 5.17 Å².